The Bertz CT molecular complexity index is 474. The number of rotatable bonds is 2. The first kappa shape index (κ1) is 14.2. The summed E-state index contributed by atoms with van der Waals surface area (Å²) >= 11 is 6.32. The fourth-order valence-electron chi connectivity index (χ4n) is 3.68. The molecule has 110 valence electrons. The molecule has 2 unspecified atom stereocenters. The summed E-state index contributed by atoms with van der Waals surface area (Å²) in [6.07, 6.45) is 5.32. The summed E-state index contributed by atoms with van der Waals surface area (Å²) in [6.45, 7) is 8.05. The number of anilines is 1. The fourth-order valence-corrected chi connectivity index (χ4v) is 3.85. The zero-order valence-corrected chi connectivity index (χ0v) is 13.4. The van der Waals surface area contributed by atoms with Gasteiger partial charge in [0.25, 0.3) is 0 Å². The van der Waals surface area contributed by atoms with Gasteiger partial charge in [-0.1, -0.05) is 31.0 Å². The number of hydrogen-bond donors (Lipinski definition) is 0. The summed E-state index contributed by atoms with van der Waals surface area (Å²) in [7, 11) is 0. The van der Waals surface area contributed by atoms with E-state index in [-0.39, 0.29) is 0 Å². The average Bonchev–Trinajstić information content (AvgIpc) is 2.48. The summed E-state index contributed by atoms with van der Waals surface area (Å²) in [5, 5.41) is 0.892. The van der Waals surface area contributed by atoms with Crippen molar-refractivity contribution in [2.75, 3.05) is 24.5 Å². The third kappa shape index (κ3) is 2.68. The fraction of sp³-hybridized carbons (Fsp3) is 0.647. The van der Waals surface area contributed by atoms with E-state index in [0.29, 0.717) is 6.04 Å². The van der Waals surface area contributed by atoms with Crippen LogP contribution in [0.4, 0.5) is 5.69 Å². The average molecular weight is 293 g/mol. The summed E-state index contributed by atoms with van der Waals surface area (Å²) < 4.78 is 0. The van der Waals surface area contributed by atoms with Gasteiger partial charge in [-0.05, 0) is 50.4 Å². The Kier molecular flexibility index (Phi) is 4.23. The monoisotopic (exact) mass is 292 g/mol. The Labute approximate surface area is 127 Å². The van der Waals surface area contributed by atoms with Gasteiger partial charge in [-0.25, -0.2) is 0 Å². The zero-order chi connectivity index (χ0) is 14.1. The minimum atomic E-state index is 0.628. The summed E-state index contributed by atoms with van der Waals surface area (Å²) in [4.78, 5) is 5.31. The number of halogens is 1. The van der Waals surface area contributed by atoms with E-state index < -0.39 is 0 Å². The molecule has 20 heavy (non-hydrogen) atoms. The van der Waals surface area contributed by atoms with Crippen LogP contribution in [0.25, 0.3) is 0 Å². The van der Waals surface area contributed by atoms with Crippen molar-refractivity contribution >= 4 is 17.3 Å². The van der Waals surface area contributed by atoms with Crippen LogP contribution in [0.1, 0.15) is 38.2 Å². The standard InChI is InChI=1S/C17H25ClN2/c1-3-14-11-19-9-5-4-6-16(19)12-20(14)15-8-7-13(2)17(18)10-15/h7-8,10,14,16H,3-6,9,11-12H2,1-2H3. The lowest BCUT2D eigenvalue weighted by Gasteiger charge is -2.49. The molecular formula is C17H25ClN2. The van der Waals surface area contributed by atoms with Crippen LogP contribution in [0.15, 0.2) is 18.2 Å². The molecule has 0 aromatic heterocycles. The van der Waals surface area contributed by atoms with Crippen molar-refractivity contribution < 1.29 is 0 Å². The van der Waals surface area contributed by atoms with Gasteiger partial charge < -0.3 is 4.90 Å². The SMILES string of the molecule is CCC1CN2CCCCC2CN1c1ccc(C)c(Cl)c1. The van der Waals surface area contributed by atoms with Gasteiger partial charge >= 0.3 is 0 Å². The Hall–Kier alpha value is -0.730. The van der Waals surface area contributed by atoms with Crippen molar-refractivity contribution in [2.24, 2.45) is 0 Å². The molecule has 2 heterocycles. The second-order valence-corrected chi connectivity index (χ2v) is 6.70. The van der Waals surface area contributed by atoms with E-state index in [2.05, 4.69) is 41.8 Å². The molecule has 2 nitrogen and oxygen atoms in total. The molecule has 1 aromatic rings. The van der Waals surface area contributed by atoms with E-state index in [1.807, 2.05) is 0 Å². The number of hydrogen-bond acceptors (Lipinski definition) is 2. The highest BCUT2D eigenvalue weighted by molar-refractivity contribution is 6.31. The second kappa shape index (κ2) is 5.95. The molecule has 0 radical (unpaired) electrons. The van der Waals surface area contributed by atoms with Gasteiger partial charge in [-0.15, -0.1) is 0 Å². The maximum atomic E-state index is 6.32. The lowest BCUT2D eigenvalue weighted by Crippen LogP contribution is -2.59. The maximum Gasteiger partial charge on any atom is 0.0455 e. The first-order valence-electron chi connectivity index (χ1n) is 7.96. The van der Waals surface area contributed by atoms with E-state index in [0.717, 1.165) is 17.6 Å². The summed E-state index contributed by atoms with van der Waals surface area (Å²) in [5.74, 6) is 0. The highest BCUT2D eigenvalue weighted by Crippen LogP contribution is 2.31. The van der Waals surface area contributed by atoms with Crippen LogP contribution in [-0.4, -0.2) is 36.6 Å². The molecular weight excluding hydrogens is 268 g/mol. The molecule has 0 N–H and O–H groups in total. The van der Waals surface area contributed by atoms with Crippen LogP contribution >= 0.6 is 11.6 Å². The minimum absolute atomic E-state index is 0.628. The normalized spacial score (nSPS) is 27.4. The number of fused-ring (bicyclic) bond motifs is 1. The number of nitrogens with zero attached hydrogens (tertiary/aromatic N) is 2. The first-order chi connectivity index (χ1) is 9.69. The Morgan fingerprint density at radius 3 is 2.85 bits per heavy atom. The molecule has 3 heteroatoms. The van der Waals surface area contributed by atoms with Crippen LogP contribution < -0.4 is 4.90 Å². The molecule has 0 bridgehead atoms. The molecule has 0 amide bonds. The van der Waals surface area contributed by atoms with Gasteiger partial charge in [0.15, 0.2) is 0 Å². The van der Waals surface area contributed by atoms with E-state index in [9.17, 15) is 0 Å². The minimum Gasteiger partial charge on any atom is -0.366 e. The molecule has 3 rings (SSSR count). The Morgan fingerprint density at radius 1 is 1.25 bits per heavy atom. The van der Waals surface area contributed by atoms with Gasteiger partial charge in [0.05, 0.1) is 0 Å². The van der Waals surface area contributed by atoms with Crippen LogP contribution in [0.3, 0.4) is 0 Å². The molecule has 2 atom stereocenters. The number of piperazine rings is 1. The first-order valence-corrected chi connectivity index (χ1v) is 8.33. The predicted octanol–water partition coefficient (Wildman–Crippen LogP) is 4.10. The van der Waals surface area contributed by atoms with Gasteiger partial charge in [-0.3, -0.25) is 4.90 Å². The van der Waals surface area contributed by atoms with Crippen molar-refractivity contribution in [3.63, 3.8) is 0 Å². The maximum absolute atomic E-state index is 6.32. The van der Waals surface area contributed by atoms with Crippen molar-refractivity contribution in [1.82, 2.24) is 4.90 Å². The van der Waals surface area contributed by atoms with Crippen molar-refractivity contribution in [1.29, 1.82) is 0 Å². The van der Waals surface area contributed by atoms with Gasteiger partial charge in [0.1, 0.15) is 0 Å². The molecule has 2 aliphatic rings. The van der Waals surface area contributed by atoms with E-state index in [1.54, 1.807) is 0 Å². The van der Waals surface area contributed by atoms with Crippen LogP contribution in [0.5, 0.6) is 0 Å². The topological polar surface area (TPSA) is 6.48 Å². The molecule has 2 fully saturated rings. The molecule has 2 aliphatic heterocycles. The lowest BCUT2D eigenvalue weighted by atomic mass is 9.95. The molecule has 0 aliphatic carbocycles. The number of benzene rings is 1. The van der Waals surface area contributed by atoms with E-state index >= 15 is 0 Å². The summed E-state index contributed by atoms with van der Waals surface area (Å²) in [6, 6.07) is 7.91. The third-order valence-corrected chi connectivity index (χ3v) is 5.41. The molecule has 0 spiro atoms. The lowest BCUT2D eigenvalue weighted by molar-refractivity contribution is 0.111. The smallest absolute Gasteiger partial charge is 0.0455 e. The Balaban J connectivity index is 1.84. The van der Waals surface area contributed by atoms with Crippen molar-refractivity contribution in [2.45, 2.75) is 51.6 Å². The van der Waals surface area contributed by atoms with Crippen molar-refractivity contribution in [3.8, 4) is 0 Å². The van der Waals surface area contributed by atoms with Crippen LogP contribution in [0.2, 0.25) is 5.02 Å². The predicted molar refractivity (Wildman–Crippen MR) is 86.8 cm³/mol. The van der Waals surface area contributed by atoms with Crippen molar-refractivity contribution in [3.05, 3.63) is 28.8 Å². The van der Waals surface area contributed by atoms with Gasteiger partial charge in [-0.2, -0.15) is 0 Å². The molecule has 1 aromatic carbocycles. The highest BCUT2D eigenvalue weighted by Gasteiger charge is 2.34. The third-order valence-electron chi connectivity index (χ3n) is 5.00. The van der Waals surface area contributed by atoms with Crippen LogP contribution in [-0.2, 0) is 0 Å². The second-order valence-electron chi connectivity index (χ2n) is 6.29. The van der Waals surface area contributed by atoms with E-state index in [1.165, 1.54) is 50.0 Å². The largest absolute Gasteiger partial charge is 0.366 e. The highest BCUT2D eigenvalue weighted by atomic mass is 35.5. The molecule has 0 saturated carbocycles. The number of aryl methyl sites for hydroxylation is 1. The van der Waals surface area contributed by atoms with Crippen LogP contribution in [0, 0.1) is 6.92 Å². The van der Waals surface area contributed by atoms with Gasteiger partial charge in [0, 0.05) is 35.9 Å². The van der Waals surface area contributed by atoms with E-state index in [4.69, 9.17) is 11.6 Å². The Morgan fingerprint density at radius 2 is 2.10 bits per heavy atom. The quantitative estimate of drug-likeness (QED) is 0.810. The molecule has 2 saturated heterocycles. The number of piperidine rings is 1. The zero-order valence-electron chi connectivity index (χ0n) is 12.6. The van der Waals surface area contributed by atoms with Gasteiger partial charge in [0.2, 0.25) is 0 Å². The summed E-state index contributed by atoms with van der Waals surface area (Å²) in [5.41, 5.74) is 2.47.